The van der Waals surface area contributed by atoms with E-state index < -0.39 is 10.0 Å². The highest BCUT2D eigenvalue weighted by molar-refractivity contribution is 7.89. The smallest absolute Gasteiger partial charge is 0.244 e. The van der Waals surface area contributed by atoms with Gasteiger partial charge in [0, 0.05) is 44.6 Å². The Morgan fingerprint density at radius 2 is 1.95 bits per heavy atom. The summed E-state index contributed by atoms with van der Waals surface area (Å²) < 4.78 is 28.5. The predicted octanol–water partition coefficient (Wildman–Crippen LogP) is 0.929. The zero-order chi connectivity index (χ0) is 13.6. The number of nitrogens with zero attached hydrogens (tertiary/aromatic N) is 2. The largest absolute Gasteiger partial charge is 0.356 e. The summed E-state index contributed by atoms with van der Waals surface area (Å²) in [6, 6.07) is 2.79. The monoisotopic (exact) mass is 283 g/mol. The summed E-state index contributed by atoms with van der Waals surface area (Å²) in [5.41, 5.74) is 0. The minimum absolute atomic E-state index is 0.129. The molecule has 0 spiro atoms. The third-order valence-electron chi connectivity index (χ3n) is 4.44. The number of aromatic nitrogens is 1. The molecule has 106 valence electrons. The van der Waals surface area contributed by atoms with Gasteiger partial charge in [0.1, 0.15) is 0 Å². The van der Waals surface area contributed by atoms with Crippen molar-refractivity contribution in [3.63, 3.8) is 0 Å². The van der Waals surface area contributed by atoms with E-state index in [1.54, 1.807) is 34.4 Å². The highest BCUT2D eigenvalue weighted by atomic mass is 32.2. The van der Waals surface area contributed by atoms with Crippen LogP contribution >= 0.6 is 0 Å². The summed E-state index contributed by atoms with van der Waals surface area (Å²) in [5, 5.41) is 3.54. The highest BCUT2D eigenvalue weighted by Gasteiger charge is 2.38. The van der Waals surface area contributed by atoms with Crippen molar-refractivity contribution in [3.8, 4) is 0 Å². The van der Waals surface area contributed by atoms with Gasteiger partial charge in [-0.05, 0) is 31.7 Å². The number of aryl methyl sites for hydroxylation is 1. The molecule has 2 aliphatic rings. The Morgan fingerprint density at radius 3 is 2.47 bits per heavy atom. The van der Waals surface area contributed by atoms with Gasteiger partial charge in [-0.25, -0.2) is 8.42 Å². The van der Waals surface area contributed by atoms with Gasteiger partial charge in [0.25, 0.3) is 0 Å². The van der Waals surface area contributed by atoms with Crippen molar-refractivity contribution in [2.75, 3.05) is 7.05 Å². The summed E-state index contributed by atoms with van der Waals surface area (Å²) in [6.07, 6.45) is 7.66. The van der Waals surface area contributed by atoms with E-state index >= 15 is 0 Å². The van der Waals surface area contributed by atoms with Crippen molar-refractivity contribution in [2.24, 2.45) is 7.05 Å². The molecule has 5 nitrogen and oxygen atoms in total. The highest BCUT2D eigenvalue weighted by Crippen LogP contribution is 2.31. The number of hydrogen-bond acceptors (Lipinski definition) is 3. The van der Waals surface area contributed by atoms with E-state index in [1.165, 1.54) is 12.8 Å². The lowest BCUT2D eigenvalue weighted by atomic mass is 10.0. The lowest BCUT2D eigenvalue weighted by molar-refractivity contribution is 0.251. The van der Waals surface area contributed by atoms with Crippen LogP contribution in [0.5, 0.6) is 0 Å². The van der Waals surface area contributed by atoms with Crippen LogP contribution in [0.1, 0.15) is 25.7 Å². The molecule has 1 N–H and O–H groups in total. The van der Waals surface area contributed by atoms with Crippen LogP contribution in [0.4, 0.5) is 0 Å². The average Bonchev–Trinajstić information content (AvgIpc) is 2.95. The van der Waals surface area contributed by atoms with E-state index in [0.29, 0.717) is 17.0 Å². The fourth-order valence-corrected chi connectivity index (χ4v) is 4.75. The predicted molar refractivity (Wildman–Crippen MR) is 73.3 cm³/mol. The van der Waals surface area contributed by atoms with Gasteiger partial charge in [-0.1, -0.05) is 0 Å². The second-order valence-corrected chi connectivity index (χ2v) is 7.79. The van der Waals surface area contributed by atoms with Crippen LogP contribution in [0.3, 0.4) is 0 Å². The molecule has 2 atom stereocenters. The van der Waals surface area contributed by atoms with Gasteiger partial charge in [0.2, 0.25) is 10.0 Å². The first-order valence-corrected chi connectivity index (χ1v) is 8.27. The Bertz CT molecular complexity index is 554. The van der Waals surface area contributed by atoms with Crippen LogP contribution < -0.4 is 5.32 Å². The summed E-state index contributed by atoms with van der Waals surface area (Å²) in [7, 11) is 0.205. The molecular formula is C13H21N3O2S. The lowest BCUT2D eigenvalue weighted by Crippen LogP contribution is -2.48. The van der Waals surface area contributed by atoms with Gasteiger partial charge in [0.05, 0.1) is 4.90 Å². The van der Waals surface area contributed by atoms with E-state index in [0.717, 1.165) is 12.8 Å². The minimum atomic E-state index is -3.35. The SMILES string of the molecule is CN(C1CC2CCC(C1)N2)S(=O)(=O)c1ccn(C)c1. The second-order valence-electron chi connectivity index (χ2n) is 5.80. The van der Waals surface area contributed by atoms with E-state index in [-0.39, 0.29) is 6.04 Å². The Balaban J connectivity index is 1.81. The van der Waals surface area contributed by atoms with Crippen LogP contribution in [0.25, 0.3) is 0 Å². The maximum atomic E-state index is 12.6. The number of hydrogen-bond donors (Lipinski definition) is 1. The maximum Gasteiger partial charge on any atom is 0.244 e. The Hall–Kier alpha value is -0.850. The molecule has 19 heavy (non-hydrogen) atoms. The first-order valence-electron chi connectivity index (χ1n) is 6.83. The standard InChI is InChI=1S/C13H21N3O2S/c1-15-6-5-13(9-15)19(17,18)16(2)12-7-10-3-4-11(8-12)14-10/h5-6,9-12,14H,3-4,7-8H2,1-2H3. The molecule has 0 radical (unpaired) electrons. The first kappa shape index (κ1) is 13.1. The summed E-state index contributed by atoms with van der Waals surface area (Å²) in [6.45, 7) is 0. The van der Waals surface area contributed by atoms with E-state index in [4.69, 9.17) is 0 Å². The molecule has 2 saturated heterocycles. The fraction of sp³-hybridized carbons (Fsp3) is 0.692. The van der Waals surface area contributed by atoms with Crippen molar-refractivity contribution in [2.45, 2.75) is 48.7 Å². The number of fused-ring (bicyclic) bond motifs is 2. The Labute approximate surface area is 114 Å². The molecule has 3 heterocycles. The summed E-state index contributed by atoms with van der Waals surface area (Å²) in [4.78, 5) is 0.392. The van der Waals surface area contributed by atoms with Gasteiger partial charge in [-0.2, -0.15) is 4.31 Å². The van der Waals surface area contributed by atoms with Gasteiger partial charge in [-0.15, -0.1) is 0 Å². The van der Waals surface area contributed by atoms with Crippen LogP contribution in [0.2, 0.25) is 0 Å². The third-order valence-corrected chi connectivity index (χ3v) is 6.34. The summed E-state index contributed by atoms with van der Waals surface area (Å²) >= 11 is 0. The van der Waals surface area contributed by atoms with Crippen LogP contribution in [0, 0.1) is 0 Å². The first-order chi connectivity index (χ1) is 8.96. The van der Waals surface area contributed by atoms with Gasteiger partial charge < -0.3 is 9.88 Å². The van der Waals surface area contributed by atoms with Gasteiger partial charge >= 0.3 is 0 Å². The zero-order valence-corrected chi connectivity index (χ0v) is 12.2. The van der Waals surface area contributed by atoms with Crippen LogP contribution in [-0.4, -0.2) is 42.5 Å². The topological polar surface area (TPSA) is 54.3 Å². The van der Waals surface area contributed by atoms with Crippen molar-refractivity contribution >= 4 is 10.0 Å². The van der Waals surface area contributed by atoms with Crippen molar-refractivity contribution < 1.29 is 8.42 Å². The van der Waals surface area contributed by atoms with Gasteiger partial charge in [-0.3, -0.25) is 0 Å². The summed E-state index contributed by atoms with van der Waals surface area (Å²) in [5.74, 6) is 0. The third kappa shape index (κ3) is 2.32. The molecule has 0 amide bonds. The molecule has 0 aromatic carbocycles. The van der Waals surface area contributed by atoms with Crippen LogP contribution in [-0.2, 0) is 17.1 Å². The molecule has 2 aliphatic heterocycles. The van der Waals surface area contributed by atoms with E-state index in [9.17, 15) is 8.42 Å². The number of rotatable bonds is 3. The lowest BCUT2D eigenvalue weighted by Gasteiger charge is -2.34. The van der Waals surface area contributed by atoms with Crippen molar-refractivity contribution in [1.82, 2.24) is 14.2 Å². The fourth-order valence-electron chi connectivity index (χ4n) is 3.32. The van der Waals surface area contributed by atoms with Crippen molar-refractivity contribution in [3.05, 3.63) is 18.5 Å². The molecule has 2 fully saturated rings. The maximum absolute atomic E-state index is 12.6. The quantitative estimate of drug-likeness (QED) is 0.898. The minimum Gasteiger partial charge on any atom is -0.356 e. The van der Waals surface area contributed by atoms with E-state index in [2.05, 4.69) is 5.32 Å². The molecular weight excluding hydrogens is 262 g/mol. The number of sulfonamides is 1. The molecule has 0 saturated carbocycles. The van der Waals surface area contributed by atoms with E-state index in [1.807, 2.05) is 7.05 Å². The molecule has 3 rings (SSSR count). The molecule has 2 bridgehead atoms. The molecule has 0 aliphatic carbocycles. The molecule has 2 unspecified atom stereocenters. The normalized spacial score (nSPS) is 31.0. The molecule has 1 aromatic rings. The molecule has 1 aromatic heterocycles. The average molecular weight is 283 g/mol. The Morgan fingerprint density at radius 1 is 1.32 bits per heavy atom. The van der Waals surface area contributed by atoms with Gasteiger partial charge in [0.15, 0.2) is 0 Å². The number of piperidine rings is 1. The molecule has 6 heteroatoms. The number of nitrogens with one attached hydrogen (secondary N) is 1. The van der Waals surface area contributed by atoms with Crippen molar-refractivity contribution in [1.29, 1.82) is 0 Å². The van der Waals surface area contributed by atoms with Crippen LogP contribution in [0.15, 0.2) is 23.4 Å². The zero-order valence-electron chi connectivity index (χ0n) is 11.4. The Kier molecular flexibility index (Phi) is 3.19. The second kappa shape index (κ2) is 4.61.